The number of hydrogen-bond acceptors (Lipinski definition) is 2. The summed E-state index contributed by atoms with van der Waals surface area (Å²) in [5, 5.41) is 0. The summed E-state index contributed by atoms with van der Waals surface area (Å²) >= 11 is 0. The summed E-state index contributed by atoms with van der Waals surface area (Å²) < 4.78 is 54.3. The Kier molecular flexibility index (Phi) is 2.70. The van der Waals surface area contributed by atoms with Crippen LogP contribution in [0.25, 0.3) is 0 Å². The molecule has 0 atom stereocenters. The molecule has 10 heavy (non-hydrogen) atoms. The average molecular weight is 176 g/mol. The lowest BCUT2D eigenvalue weighted by Gasteiger charge is -2.03. The van der Waals surface area contributed by atoms with Gasteiger partial charge in [-0.3, -0.25) is 0 Å². The molecule has 0 radical (unpaired) electrons. The van der Waals surface area contributed by atoms with Gasteiger partial charge in [-0.25, -0.2) is 8.42 Å². The summed E-state index contributed by atoms with van der Waals surface area (Å²) in [5.74, 6) is -0.823. The van der Waals surface area contributed by atoms with Crippen LogP contribution < -0.4 is 0 Å². The first-order valence-electron chi connectivity index (χ1n) is 2.45. The molecule has 0 aromatic rings. The smallest absolute Gasteiger partial charge is 0.229 e. The molecule has 0 aromatic heterocycles. The van der Waals surface area contributed by atoms with E-state index in [0.717, 1.165) is 6.26 Å². The maximum atomic E-state index is 11.3. The third-order valence-corrected chi connectivity index (χ3v) is 1.70. The molecule has 0 aliphatic rings. The number of sulfone groups is 1. The van der Waals surface area contributed by atoms with Crippen molar-refractivity contribution in [2.24, 2.45) is 0 Å². The van der Waals surface area contributed by atoms with E-state index < -0.39 is 28.2 Å². The maximum Gasteiger partial charge on any atom is 0.390 e. The van der Waals surface area contributed by atoms with Crippen molar-refractivity contribution < 1.29 is 21.6 Å². The Balaban J connectivity index is 3.79. The fourth-order valence-corrected chi connectivity index (χ4v) is 0.903. The molecule has 0 N–H and O–H groups in total. The van der Waals surface area contributed by atoms with Gasteiger partial charge in [0.2, 0.25) is 0 Å². The van der Waals surface area contributed by atoms with E-state index in [-0.39, 0.29) is 0 Å². The molecule has 0 aliphatic heterocycles. The van der Waals surface area contributed by atoms with Crippen LogP contribution in [-0.2, 0) is 9.84 Å². The zero-order valence-electron chi connectivity index (χ0n) is 5.27. The number of rotatable bonds is 2. The van der Waals surface area contributed by atoms with Crippen LogP contribution in [-0.4, -0.2) is 26.6 Å². The van der Waals surface area contributed by atoms with E-state index >= 15 is 0 Å². The molecule has 0 fully saturated rings. The van der Waals surface area contributed by atoms with Crippen molar-refractivity contribution in [3.05, 3.63) is 0 Å². The fraction of sp³-hybridized carbons (Fsp3) is 1.00. The molecule has 0 saturated heterocycles. The van der Waals surface area contributed by atoms with Gasteiger partial charge in [0, 0.05) is 6.26 Å². The molecule has 0 saturated carbocycles. The summed E-state index contributed by atoms with van der Waals surface area (Å²) in [6.45, 7) is 0. The molecule has 2 nitrogen and oxygen atoms in total. The van der Waals surface area contributed by atoms with Gasteiger partial charge in [0.15, 0.2) is 0 Å². The molecular weight excluding hydrogens is 169 g/mol. The van der Waals surface area contributed by atoms with Gasteiger partial charge in [-0.1, -0.05) is 0 Å². The van der Waals surface area contributed by atoms with E-state index in [0.29, 0.717) is 0 Å². The molecule has 62 valence electrons. The second-order valence-electron chi connectivity index (χ2n) is 2.00. The predicted octanol–water partition coefficient (Wildman–Crippen LogP) is 0.983. The lowest BCUT2D eigenvalue weighted by atomic mass is 10.5. The minimum atomic E-state index is -4.37. The maximum absolute atomic E-state index is 11.3. The quantitative estimate of drug-likeness (QED) is 0.628. The molecule has 0 rings (SSSR count). The lowest BCUT2D eigenvalue weighted by molar-refractivity contribution is -0.129. The van der Waals surface area contributed by atoms with Crippen LogP contribution in [0.5, 0.6) is 0 Å². The highest BCUT2D eigenvalue weighted by atomic mass is 32.2. The predicted molar refractivity (Wildman–Crippen MR) is 30.4 cm³/mol. The normalized spacial score (nSPS) is 13.6. The third-order valence-electron chi connectivity index (χ3n) is 0.756. The van der Waals surface area contributed by atoms with Crippen molar-refractivity contribution >= 4 is 9.84 Å². The van der Waals surface area contributed by atoms with Crippen LogP contribution >= 0.6 is 0 Å². The van der Waals surface area contributed by atoms with Crippen molar-refractivity contribution in [2.75, 3.05) is 12.0 Å². The monoisotopic (exact) mass is 176 g/mol. The molecule has 6 heteroatoms. The van der Waals surface area contributed by atoms with E-state index in [4.69, 9.17) is 0 Å². The summed E-state index contributed by atoms with van der Waals surface area (Å²) in [7, 11) is -3.48. The van der Waals surface area contributed by atoms with E-state index in [1.807, 2.05) is 0 Å². The Labute approximate surface area is 57.0 Å². The lowest BCUT2D eigenvalue weighted by Crippen LogP contribution is -2.14. The second-order valence-corrected chi connectivity index (χ2v) is 4.25. The van der Waals surface area contributed by atoms with E-state index in [2.05, 4.69) is 0 Å². The first-order chi connectivity index (χ1) is 4.21. The Bertz CT molecular complexity index is 191. The van der Waals surface area contributed by atoms with Gasteiger partial charge in [0.05, 0.1) is 12.2 Å². The van der Waals surface area contributed by atoms with Gasteiger partial charge in [-0.15, -0.1) is 0 Å². The zero-order valence-corrected chi connectivity index (χ0v) is 6.09. The van der Waals surface area contributed by atoms with Crippen LogP contribution in [0, 0.1) is 0 Å². The van der Waals surface area contributed by atoms with Gasteiger partial charge < -0.3 is 0 Å². The van der Waals surface area contributed by atoms with Crippen LogP contribution in [0.3, 0.4) is 0 Å². The molecule has 0 amide bonds. The Morgan fingerprint density at radius 1 is 1.30 bits per heavy atom. The number of hydrogen-bond donors (Lipinski definition) is 0. The van der Waals surface area contributed by atoms with Gasteiger partial charge in [-0.05, 0) is 0 Å². The summed E-state index contributed by atoms with van der Waals surface area (Å²) in [5.41, 5.74) is 0. The molecule has 0 aromatic carbocycles. The van der Waals surface area contributed by atoms with Crippen LogP contribution in [0.2, 0.25) is 0 Å². The summed E-state index contributed by atoms with van der Waals surface area (Å²) in [6.07, 6.45) is -4.85. The minimum absolute atomic E-state index is 0.777. The highest BCUT2D eigenvalue weighted by molar-refractivity contribution is 7.90. The number of alkyl halides is 3. The molecule has 0 bridgehead atoms. The highest BCUT2D eigenvalue weighted by Crippen LogP contribution is 2.19. The first kappa shape index (κ1) is 9.74. The third kappa shape index (κ3) is 7.74. The van der Waals surface area contributed by atoms with Gasteiger partial charge in [0.25, 0.3) is 0 Å². The van der Waals surface area contributed by atoms with Gasteiger partial charge in [-0.2, -0.15) is 13.2 Å². The van der Waals surface area contributed by atoms with Gasteiger partial charge >= 0.3 is 6.18 Å². The summed E-state index contributed by atoms with van der Waals surface area (Å²) in [6, 6.07) is 0. The SMILES string of the molecule is CS(=O)(=O)CCC(F)(F)F. The Hall–Kier alpha value is -0.260. The van der Waals surface area contributed by atoms with Crippen LogP contribution in [0.1, 0.15) is 6.42 Å². The van der Waals surface area contributed by atoms with E-state index in [1.165, 1.54) is 0 Å². The molecule has 0 heterocycles. The second kappa shape index (κ2) is 2.77. The average Bonchev–Trinajstić information content (AvgIpc) is 1.57. The zero-order chi connectivity index (χ0) is 8.41. The topological polar surface area (TPSA) is 34.1 Å². The van der Waals surface area contributed by atoms with Gasteiger partial charge in [0.1, 0.15) is 9.84 Å². The highest BCUT2D eigenvalue weighted by Gasteiger charge is 2.28. The fourth-order valence-electron chi connectivity index (χ4n) is 0.301. The summed E-state index contributed by atoms with van der Waals surface area (Å²) in [4.78, 5) is 0. The largest absolute Gasteiger partial charge is 0.390 e. The minimum Gasteiger partial charge on any atom is -0.229 e. The van der Waals surface area contributed by atoms with Crippen molar-refractivity contribution in [2.45, 2.75) is 12.6 Å². The molecule has 0 aliphatic carbocycles. The van der Waals surface area contributed by atoms with Crippen molar-refractivity contribution in [3.8, 4) is 0 Å². The molecule has 0 spiro atoms. The number of halogens is 3. The van der Waals surface area contributed by atoms with Crippen molar-refractivity contribution in [1.29, 1.82) is 0 Å². The Morgan fingerprint density at radius 2 is 1.70 bits per heavy atom. The molecular formula is C4H7F3O2S. The standard InChI is InChI=1S/C4H7F3O2S/c1-10(8,9)3-2-4(5,6)7/h2-3H2,1H3. The van der Waals surface area contributed by atoms with Crippen LogP contribution in [0.4, 0.5) is 13.2 Å². The van der Waals surface area contributed by atoms with Crippen molar-refractivity contribution in [1.82, 2.24) is 0 Å². The Morgan fingerprint density at radius 3 is 1.80 bits per heavy atom. The van der Waals surface area contributed by atoms with Crippen LogP contribution in [0.15, 0.2) is 0 Å². The van der Waals surface area contributed by atoms with E-state index in [9.17, 15) is 21.6 Å². The van der Waals surface area contributed by atoms with E-state index in [1.54, 1.807) is 0 Å². The van der Waals surface area contributed by atoms with Crippen molar-refractivity contribution in [3.63, 3.8) is 0 Å². The molecule has 0 unspecified atom stereocenters. The first-order valence-corrected chi connectivity index (χ1v) is 4.51.